The van der Waals surface area contributed by atoms with Crippen molar-refractivity contribution in [2.24, 2.45) is 11.7 Å². The Labute approximate surface area is 188 Å². The van der Waals surface area contributed by atoms with E-state index >= 15 is 0 Å². The third kappa shape index (κ3) is 5.97. The summed E-state index contributed by atoms with van der Waals surface area (Å²) in [5.74, 6) is -0.627. The highest BCUT2D eigenvalue weighted by molar-refractivity contribution is 5.08. The molecule has 0 bridgehead atoms. The Balaban J connectivity index is 1.50. The minimum absolute atomic E-state index is 0.344. The second kappa shape index (κ2) is 12.3. The van der Waals surface area contributed by atoms with Crippen LogP contribution in [0.25, 0.3) is 0 Å². The zero-order valence-electron chi connectivity index (χ0n) is 18.3. The molecule has 3 aliphatic rings. The van der Waals surface area contributed by atoms with Gasteiger partial charge in [-0.2, -0.15) is 0 Å². The van der Waals surface area contributed by atoms with E-state index in [1.165, 1.54) is 0 Å². The SMILES string of the molecule is NCCCCCCCCOC1C(CO)OC(OC2C(O)C(O)C3OC3C2CO)C(O)C1O. The van der Waals surface area contributed by atoms with Gasteiger partial charge in [-0.25, -0.2) is 0 Å². The maximum atomic E-state index is 10.6. The molecule has 2 aliphatic heterocycles. The summed E-state index contributed by atoms with van der Waals surface area (Å²) in [5.41, 5.74) is 5.48. The summed E-state index contributed by atoms with van der Waals surface area (Å²) in [5, 5.41) is 61.1. The van der Waals surface area contributed by atoms with Crippen molar-refractivity contribution < 1.29 is 49.6 Å². The standard InChI is InChI=1S/C21H39NO10/c22-7-5-3-1-2-4-6-8-29-19-12(10-24)30-21(16(28)15(19)27)32-17-11(9-23)18-20(31-18)14(26)13(17)25/h11-21,23-28H,1-10,22H2. The first-order valence-electron chi connectivity index (χ1n) is 11.7. The van der Waals surface area contributed by atoms with E-state index in [9.17, 15) is 30.6 Å². The molecule has 0 aromatic heterocycles. The van der Waals surface area contributed by atoms with Crippen LogP contribution in [0.15, 0.2) is 0 Å². The number of nitrogens with two attached hydrogens (primary N) is 1. The summed E-state index contributed by atoms with van der Waals surface area (Å²) in [6, 6.07) is 0. The van der Waals surface area contributed by atoms with Crippen molar-refractivity contribution in [2.45, 2.75) is 99.8 Å². The average Bonchev–Trinajstić information content (AvgIpc) is 3.58. The number of aliphatic hydroxyl groups excluding tert-OH is 6. The molecular formula is C21H39NO10. The van der Waals surface area contributed by atoms with Crippen LogP contribution in [-0.2, 0) is 18.9 Å². The fourth-order valence-corrected chi connectivity index (χ4v) is 4.67. The normalized spacial score (nSPS) is 43.8. The largest absolute Gasteiger partial charge is 0.396 e. The van der Waals surface area contributed by atoms with Crippen molar-refractivity contribution in [3.8, 4) is 0 Å². The van der Waals surface area contributed by atoms with E-state index in [0.717, 1.165) is 38.5 Å². The van der Waals surface area contributed by atoms with Crippen LogP contribution in [0.1, 0.15) is 38.5 Å². The Morgan fingerprint density at radius 3 is 2.00 bits per heavy atom. The van der Waals surface area contributed by atoms with Crippen LogP contribution >= 0.6 is 0 Å². The highest BCUT2D eigenvalue weighted by atomic mass is 16.7. The van der Waals surface area contributed by atoms with Gasteiger partial charge in [-0.05, 0) is 19.4 Å². The van der Waals surface area contributed by atoms with Gasteiger partial charge in [-0.1, -0.05) is 25.7 Å². The number of unbranched alkanes of at least 4 members (excludes halogenated alkanes) is 5. The van der Waals surface area contributed by atoms with E-state index < -0.39 is 73.8 Å². The van der Waals surface area contributed by atoms with Crippen molar-refractivity contribution in [3.63, 3.8) is 0 Å². The lowest BCUT2D eigenvalue weighted by Gasteiger charge is -2.44. The first-order valence-corrected chi connectivity index (χ1v) is 11.7. The molecule has 1 saturated carbocycles. The van der Waals surface area contributed by atoms with Gasteiger partial charge < -0.3 is 55.3 Å². The quantitative estimate of drug-likeness (QED) is 0.114. The minimum atomic E-state index is -1.51. The maximum absolute atomic E-state index is 10.6. The van der Waals surface area contributed by atoms with Crippen LogP contribution < -0.4 is 5.73 Å². The van der Waals surface area contributed by atoms with Crippen LogP contribution in [0.4, 0.5) is 0 Å². The number of epoxide rings is 1. The molecule has 2 heterocycles. The summed E-state index contributed by atoms with van der Waals surface area (Å²) < 4.78 is 22.4. The van der Waals surface area contributed by atoms with E-state index in [-0.39, 0.29) is 6.61 Å². The average molecular weight is 466 g/mol. The van der Waals surface area contributed by atoms with Crippen LogP contribution in [0.3, 0.4) is 0 Å². The molecule has 0 aromatic carbocycles. The predicted octanol–water partition coefficient (Wildman–Crippen LogP) is -2.39. The summed E-state index contributed by atoms with van der Waals surface area (Å²) in [4.78, 5) is 0. The third-order valence-corrected chi connectivity index (χ3v) is 6.66. The second-order valence-electron chi connectivity index (χ2n) is 8.95. The smallest absolute Gasteiger partial charge is 0.187 e. The number of hydrogen-bond acceptors (Lipinski definition) is 11. The molecule has 0 amide bonds. The summed E-state index contributed by atoms with van der Waals surface area (Å²) in [6.07, 6.45) is -4.85. The molecule has 0 spiro atoms. The highest BCUT2D eigenvalue weighted by Crippen LogP contribution is 2.43. The zero-order chi connectivity index (χ0) is 23.3. The molecule has 3 rings (SSSR count). The molecule has 0 radical (unpaired) electrons. The molecule has 8 N–H and O–H groups in total. The van der Waals surface area contributed by atoms with Gasteiger partial charge in [-0.15, -0.1) is 0 Å². The van der Waals surface area contributed by atoms with Crippen LogP contribution in [0, 0.1) is 5.92 Å². The van der Waals surface area contributed by atoms with Gasteiger partial charge in [0.05, 0.1) is 25.4 Å². The van der Waals surface area contributed by atoms with E-state index in [1.54, 1.807) is 0 Å². The Kier molecular flexibility index (Phi) is 10.1. The topological polar surface area (TPSA) is 188 Å². The van der Waals surface area contributed by atoms with Crippen molar-refractivity contribution in [2.75, 3.05) is 26.4 Å². The van der Waals surface area contributed by atoms with Crippen molar-refractivity contribution in [3.05, 3.63) is 0 Å². The van der Waals surface area contributed by atoms with Gasteiger partial charge in [0.2, 0.25) is 0 Å². The number of rotatable bonds is 13. The molecule has 11 unspecified atom stereocenters. The lowest BCUT2D eigenvalue weighted by Crippen LogP contribution is -2.63. The fraction of sp³-hybridized carbons (Fsp3) is 1.00. The molecule has 32 heavy (non-hydrogen) atoms. The number of hydrogen-bond donors (Lipinski definition) is 7. The highest BCUT2D eigenvalue weighted by Gasteiger charge is 2.61. The molecule has 1 aliphatic carbocycles. The third-order valence-electron chi connectivity index (χ3n) is 6.66. The molecule has 0 aromatic rings. The molecule has 11 atom stereocenters. The molecule has 188 valence electrons. The summed E-state index contributed by atoms with van der Waals surface area (Å²) >= 11 is 0. The van der Waals surface area contributed by atoms with Crippen LogP contribution in [0.5, 0.6) is 0 Å². The Hall–Kier alpha value is -0.440. The zero-order valence-corrected chi connectivity index (χ0v) is 18.3. The van der Waals surface area contributed by atoms with Gasteiger partial charge in [0.25, 0.3) is 0 Å². The van der Waals surface area contributed by atoms with Gasteiger partial charge in [0, 0.05) is 12.5 Å². The molecular weight excluding hydrogens is 426 g/mol. The minimum Gasteiger partial charge on any atom is -0.396 e. The monoisotopic (exact) mass is 465 g/mol. The Bertz CT molecular complexity index is 555. The first kappa shape index (κ1) is 26.2. The van der Waals surface area contributed by atoms with E-state index in [0.29, 0.717) is 13.2 Å². The second-order valence-corrected chi connectivity index (χ2v) is 8.95. The number of fused-ring (bicyclic) bond motifs is 1. The lowest BCUT2D eigenvalue weighted by molar-refractivity contribution is -0.330. The summed E-state index contributed by atoms with van der Waals surface area (Å²) in [7, 11) is 0. The van der Waals surface area contributed by atoms with Crippen LogP contribution in [0.2, 0.25) is 0 Å². The van der Waals surface area contributed by atoms with E-state index in [1.807, 2.05) is 0 Å². The van der Waals surface area contributed by atoms with Gasteiger partial charge in [0.15, 0.2) is 6.29 Å². The first-order chi connectivity index (χ1) is 15.4. The Morgan fingerprint density at radius 1 is 0.688 bits per heavy atom. The lowest BCUT2D eigenvalue weighted by atomic mass is 9.83. The molecule has 2 saturated heterocycles. The fourth-order valence-electron chi connectivity index (χ4n) is 4.67. The summed E-state index contributed by atoms with van der Waals surface area (Å²) in [6.45, 7) is 0.216. The maximum Gasteiger partial charge on any atom is 0.187 e. The predicted molar refractivity (Wildman–Crippen MR) is 110 cm³/mol. The van der Waals surface area contributed by atoms with Crippen molar-refractivity contribution >= 4 is 0 Å². The molecule has 3 fully saturated rings. The van der Waals surface area contributed by atoms with E-state index in [2.05, 4.69) is 0 Å². The van der Waals surface area contributed by atoms with Crippen molar-refractivity contribution in [1.82, 2.24) is 0 Å². The van der Waals surface area contributed by atoms with Gasteiger partial charge in [0.1, 0.15) is 42.7 Å². The molecule has 11 nitrogen and oxygen atoms in total. The van der Waals surface area contributed by atoms with Gasteiger partial charge >= 0.3 is 0 Å². The number of aliphatic hydroxyl groups is 6. The Morgan fingerprint density at radius 2 is 1.34 bits per heavy atom. The van der Waals surface area contributed by atoms with Gasteiger partial charge in [-0.3, -0.25) is 0 Å². The van der Waals surface area contributed by atoms with E-state index in [4.69, 9.17) is 24.7 Å². The van der Waals surface area contributed by atoms with Crippen LogP contribution in [-0.4, -0.2) is 118 Å². The number of ether oxygens (including phenoxy) is 4. The molecule has 11 heteroatoms. The van der Waals surface area contributed by atoms with Crippen molar-refractivity contribution in [1.29, 1.82) is 0 Å².